The molecule has 6 heteroatoms. The second-order valence-electron chi connectivity index (χ2n) is 6.22. The van der Waals surface area contributed by atoms with Crippen molar-refractivity contribution in [3.05, 3.63) is 30.1 Å². The lowest BCUT2D eigenvalue weighted by atomic mass is 10.2. The highest BCUT2D eigenvalue weighted by molar-refractivity contribution is 5.78. The van der Waals surface area contributed by atoms with Crippen LogP contribution in [0.4, 0.5) is 10.1 Å². The molecule has 1 amide bonds. The quantitative estimate of drug-likeness (QED) is 0.761. The molecule has 0 unspecified atom stereocenters. The van der Waals surface area contributed by atoms with Crippen molar-refractivity contribution in [1.82, 2.24) is 15.1 Å². The average Bonchev–Trinajstić information content (AvgIpc) is 2.53. The summed E-state index contributed by atoms with van der Waals surface area (Å²) >= 11 is 0. The van der Waals surface area contributed by atoms with Gasteiger partial charge in [0.15, 0.2) is 0 Å². The van der Waals surface area contributed by atoms with Crippen LogP contribution in [-0.4, -0.2) is 75.6 Å². The third-order valence-electron chi connectivity index (χ3n) is 4.04. The van der Waals surface area contributed by atoms with E-state index in [0.717, 1.165) is 39.1 Å². The van der Waals surface area contributed by atoms with E-state index < -0.39 is 0 Å². The molecule has 0 atom stereocenters. The summed E-state index contributed by atoms with van der Waals surface area (Å²) in [5.41, 5.74) is 0.653. The van der Waals surface area contributed by atoms with Gasteiger partial charge in [-0.05, 0) is 39.2 Å². The molecule has 1 fully saturated rings. The lowest BCUT2D eigenvalue weighted by molar-refractivity contribution is -0.122. The van der Waals surface area contributed by atoms with Crippen molar-refractivity contribution in [3.63, 3.8) is 0 Å². The fourth-order valence-electron chi connectivity index (χ4n) is 2.74. The molecule has 5 nitrogen and oxygen atoms in total. The second kappa shape index (κ2) is 8.84. The van der Waals surface area contributed by atoms with Crippen molar-refractivity contribution >= 4 is 11.6 Å². The van der Waals surface area contributed by atoms with Gasteiger partial charge < -0.3 is 15.1 Å². The Morgan fingerprint density at radius 1 is 1.22 bits per heavy atom. The maximum absolute atomic E-state index is 13.8. The smallest absolute Gasteiger partial charge is 0.234 e. The Kier molecular flexibility index (Phi) is 6.80. The summed E-state index contributed by atoms with van der Waals surface area (Å²) in [6.07, 6.45) is 0.958. The molecule has 1 saturated heterocycles. The summed E-state index contributed by atoms with van der Waals surface area (Å²) in [6.45, 7) is 5.16. The molecule has 23 heavy (non-hydrogen) atoms. The summed E-state index contributed by atoms with van der Waals surface area (Å²) in [6, 6.07) is 6.85. The van der Waals surface area contributed by atoms with E-state index in [4.69, 9.17) is 0 Å². The molecule has 1 aromatic carbocycles. The van der Waals surface area contributed by atoms with Gasteiger partial charge in [0.25, 0.3) is 0 Å². The molecule has 0 aromatic heterocycles. The van der Waals surface area contributed by atoms with Crippen molar-refractivity contribution in [2.75, 3.05) is 64.8 Å². The van der Waals surface area contributed by atoms with Gasteiger partial charge in [-0.25, -0.2) is 4.39 Å². The highest BCUT2D eigenvalue weighted by Gasteiger charge is 2.20. The number of anilines is 1. The van der Waals surface area contributed by atoms with E-state index in [2.05, 4.69) is 15.1 Å². The van der Waals surface area contributed by atoms with Gasteiger partial charge in [0.1, 0.15) is 5.82 Å². The highest BCUT2D eigenvalue weighted by atomic mass is 19.1. The van der Waals surface area contributed by atoms with Crippen LogP contribution in [0.25, 0.3) is 0 Å². The maximum atomic E-state index is 13.8. The van der Waals surface area contributed by atoms with Crippen LogP contribution in [0, 0.1) is 5.82 Å². The topological polar surface area (TPSA) is 38.8 Å². The van der Waals surface area contributed by atoms with Gasteiger partial charge in [-0.3, -0.25) is 9.69 Å². The van der Waals surface area contributed by atoms with Gasteiger partial charge in [0.05, 0.1) is 12.2 Å². The van der Waals surface area contributed by atoms with Crippen molar-refractivity contribution in [1.29, 1.82) is 0 Å². The summed E-state index contributed by atoms with van der Waals surface area (Å²) in [4.78, 5) is 18.2. The maximum Gasteiger partial charge on any atom is 0.234 e. The van der Waals surface area contributed by atoms with E-state index in [0.29, 0.717) is 18.8 Å². The molecule has 1 aliphatic heterocycles. The minimum Gasteiger partial charge on any atom is -0.367 e. The van der Waals surface area contributed by atoms with Crippen molar-refractivity contribution in [3.8, 4) is 0 Å². The fourth-order valence-corrected chi connectivity index (χ4v) is 2.74. The second-order valence-corrected chi connectivity index (χ2v) is 6.22. The SMILES string of the molecule is CN(C)CCCNC(=O)CN1CCN(c2ccccc2F)CC1. The summed E-state index contributed by atoms with van der Waals surface area (Å²) in [5, 5.41) is 2.96. The number of nitrogens with one attached hydrogen (secondary N) is 1. The first-order valence-electron chi connectivity index (χ1n) is 8.19. The average molecular weight is 322 g/mol. The first-order chi connectivity index (χ1) is 11.1. The largest absolute Gasteiger partial charge is 0.367 e. The van der Waals surface area contributed by atoms with Crippen LogP contribution in [0.15, 0.2) is 24.3 Å². The number of benzene rings is 1. The van der Waals surface area contributed by atoms with Crippen molar-refractivity contribution in [2.45, 2.75) is 6.42 Å². The number of hydrogen-bond donors (Lipinski definition) is 1. The monoisotopic (exact) mass is 322 g/mol. The Labute approximate surface area is 138 Å². The van der Waals surface area contributed by atoms with E-state index in [1.165, 1.54) is 6.07 Å². The molecule has 0 aliphatic carbocycles. The predicted octanol–water partition coefficient (Wildman–Crippen LogP) is 1.02. The number of carbonyl (C=O) groups excluding carboxylic acids is 1. The molecule has 0 radical (unpaired) electrons. The highest BCUT2D eigenvalue weighted by Crippen LogP contribution is 2.19. The molecular weight excluding hydrogens is 295 g/mol. The Morgan fingerprint density at radius 3 is 2.57 bits per heavy atom. The van der Waals surface area contributed by atoms with Crippen LogP contribution in [0.5, 0.6) is 0 Å². The lowest BCUT2D eigenvalue weighted by Crippen LogP contribution is -2.49. The normalized spacial score (nSPS) is 15.9. The number of carbonyl (C=O) groups is 1. The zero-order valence-electron chi connectivity index (χ0n) is 14.1. The third-order valence-corrected chi connectivity index (χ3v) is 4.04. The molecule has 0 bridgehead atoms. The number of halogens is 1. The van der Waals surface area contributed by atoms with E-state index in [1.807, 2.05) is 31.1 Å². The summed E-state index contributed by atoms with van der Waals surface area (Å²) < 4.78 is 13.8. The predicted molar refractivity (Wildman–Crippen MR) is 91.2 cm³/mol. The van der Waals surface area contributed by atoms with Crippen molar-refractivity contribution in [2.24, 2.45) is 0 Å². The minimum atomic E-state index is -0.181. The van der Waals surface area contributed by atoms with Crippen molar-refractivity contribution < 1.29 is 9.18 Å². The Bertz CT molecular complexity index is 501. The van der Waals surface area contributed by atoms with Crippen LogP contribution >= 0.6 is 0 Å². The Morgan fingerprint density at radius 2 is 1.91 bits per heavy atom. The van der Waals surface area contributed by atoms with Gasteiger partial charge in [-0.1, -0.05) is 12.1 Å². The molecule has 0 spiro atoms. The number of amides is 1. The van der Waals surface area contributed by atoms with Crippen LogP contribution < -0.4 is 10.2 Å². The summed E-state index contributed by atoms with van der Waals surface area (Å²) in [7, 11) is 4.05. The fraction of sp³-hybridized carbons (Fsp3) is 0.588. The molecule has 1 heterocycles. The molecular formula is C17H27FN4O. The Hall–Kier alpha value is -1.66. The van der Waals surface area contributed by atoms with E-state index >= 15 is 0 Å². The van der Waals surface area contributed by atoms with Crippen LogP contribution in [0.1, 0.15) is 6.42 Å². The zero-order valence-corrected chi connectivity index (χ0v) is 14.1. The number of rotatable bonds is 7. The van der Waals surface area contributed by atoms with Gasteiger partial charge >= 0.3 is 0 Å². The molecule has 2 rings (SSSR count). The molecule has 1 aromatic rings. The third kappa shape index (κ3) is 5.80. The standard InChI is InChI=1S/C17H27FN4O/c1-20(2)9-5-8-19-17(23)14-21-10-12-22(13-11-21)16-7-4-3-6-15(16)18/h3-4,6-7H,5,8-14H2,1-2H3,(H,19,23). The first kappa shape index (κ1) is 17.7. The van der Waals surface area contributed by atoms with Gasteiger partial charge in [-0.2, -0.15) is 0 Å². The zero-order chi connectivity index (χ0) is 16.7. The number of piperazine rings is 1. The van der Waals surface area contributed by atoms with Crippen LogP contribution in [0.2, 0.25) is 0 Å². The van der Waals surface area contributed by atoms with Gasteiger partial charge in [-0.15, -0.1) is 0 Å². The van der Waals surface area contributed by atoms with E-state index in [1.54, 1.807) is 6.07 Å². The lowest BCUT2D eigenvalue weighted by Gasteiger charge is -2.35. The van der Waals surface area contributed by atoms with E-state index in [9.17, 15) is 9.18 Å². The molecule has 128 valence electrons. The molecule has 1 N–H and O–H groups in total. The number of para-hydroxylation sites is 1. The van der Waals surface area contributed by atoms with Gasteiger partial charge in [0.2, 0.25) is 5.91 Å². The molecule has 1 aliphatic rings. The van der Waals surface area contributed by atoms with E-state index in [-0.39, 0.29) is 11.7 Å². The van der Waals surface area contributed by atoms with Gasteiger partial charge in [0, 0.05) is 32.7 Å². The minimum absolute atomic E-state index is 0.0723. The molecule has 0 saturated carbocycles. The van der Waals surface area contributed by atoms with Crippen LogP contribution in [0.3, 0.4) is 0 Å². The summed E-state index contributed by atoms with van der Waals surface area (Å²) in [5.74, 6) is -0.109. The number of nitrogens with zero attached hydrogens (tertiary/aromatic N) is 3. The Balaban J connectivity index is 1.68. The number of hydrogen-bond acceptors (Lipinski definition) is 4. The first-order valence-corrected chi connectivity index (χ1v) is 8.19. The van der Waals surface area contributed by atoms with Crippen LogP contribution in [-0.2, 0) is 4.79 Å².